The van der Waals surface area contributed by atoms with Crippen LogP contribution in [0.3, 0.4) is 0 Å². The zero-order valence-corrected chi connectivity index (χ0v) is 11.1. The molecular formula is C14H9N3O2S. The van der Waals surface area contributed by atoms with E-state index in [1.165, 1.54) is 11.7 Å². The predicted octanol–water partition coefficient (Wildman–Crippen LogP) is 2.53. The molecule has 3 heterocycles. The Hall–Kier alpha value is -2.34. The fourth-order valence-corrected chi connectivity index (χ4v) is 3.14. The van der Waals surface area contributed by atoms with Gasteiger partial charge in [0.05, 0.1) is 18.1 Å². The van der Waals surface area contributed by atoms with Gasteiger partial charge < -0.3 is 4.74 Å². The number of pyridine rings is 1. The summed E-state index contributed by atoms with van der Waals surface area (Å²) in [6.45, 7) is 0. The number of aromatic nitrogens is 3. The summed E-state index contributed by atoms with van der Waals surface area (Å²) >= 11 is 1.17. The molecule has 2 aromatic heterocycles. The molecule has 0 amide bonds. The minimum Gasteiger partial charge on any atom is -0.426 e. The van der Waals surface area contributed by atoms with Gasteiger partial charge >= 0.3 is 5.97 Å². The van der Waals surface area contributed by atoms with Crippen molar-refractivity contribution in [2.45, 2.75) is 12.3 Å². The number of nitrogens with zero attached hydrogens (tertiary/aromatic N) is 3. The van der Waals surface area contributed by atoms with E-state index in [2.05, 4.69) is 13.7 Å². The van der Waals surface area contributed by atoms with Crippen molar-refractivity contribution in [3.63, 3.8) is 0 Å². The lowest BCUT2D eigenvalue weighted by atomic mass is 9.86. The van der Waals surface area contributed by atoms with Crippen LogP contribution in [0.5, 0.6) is 5.75 Å². The molecule has 5 nitrogen and oxygen atoms in total. The van der Waals surface area contributed by atoms with Crippen molar-refractivity contribution in [3.8, 4) is 5.75 Å². The molecule has 1 aromatic carbocycles. The maximum atomic E-state index is 11.8. The smallest absolute Gasteiger partial charge is 0.312 e. The van der Waals surface area contributed by atoms with Crippen molar-refractivity contribution < 1.29 is 9.53 Å². The molecule has 4 rings (SSSR count). The van der Waals surface area contributed by atoms with E-state index in [4.69, 9.17) is 4.74 Å². The first kappa shape index (κ1) is 11.5. The van der Waals surface area contributed by atoms with Crippen molar-refractivity contribution in [1.29, 1.82) is 0 Å². The highest BCUT2D eigenvalue weighted by molar-refractivity contribution is 7.00. The van der Waals surface area contributed by atoms with Crippen molar-refractivity contribution >= 4 is 28.7 Å². The van der Waals surface area contributed by atoms with Gasteiger partial charge in [0.15, 0.2) is 0 Å². The number of rotatable bonds is 1. The number of fused-ring (bicyclic) bond motifs is 3. The summed E-state index contributed by atoms with van der Waals surface area (Å²) in [6.07, 6.45) is 3.77. The summed E-state index contributed by atoms with van der Waals surface area (Å²) < 4.78 is 14.0. The number of hydrogen-bond acceptors (Lipinski definition) is 6. The normalized spacial score (nSPS) is 17.8. The van der Waals surface area contributed by atoms with E-state index in [-0.39, 0.29) is 11.9 Å². The summed E-state index contributed by atoms with van der Waals surface area (Å²) in [6, 6.07) is 7.47. The Morgan fingerprint density at radius 2 is 2.00 bits per heavy atom. The first-order valence-electron chi connectivity index (χ1n) is 6.18. The molecule has 0 radical (unpaired) electrons. The van der Waals surface area contributed by atoms with Crippen LogP contribution in [0.4, 0.5) is 0 Å². The average Bonchev–Trinajstić information content (AvgIpc) is 2.95. The topological polar surface area (TPSA) is 65.0 Å². The second kappa shape index (κ2) is 4.35. The zero-order valence-electron chi connectivity index (χ0n) is 10.3. The van der Waals surface area contributed by atoms with Crippen LogP contribution in [0, 0.1) is 0 Å². The van der Waals surface area contributed by atoms with Gasteiger partial charge in [-0.3, -0.25) is 9.78 Å². The lowest BCUT2D eigenvalue weighted by molar-refractivity contribution is -0.135. The third-order valence-corrected chi connectivity index (χ3v) is 4.02. The average molecular weight is 283 g/mol. The molecule has 20 heavy (non-hydrogen) atoms. The van der Waals surface area contributed by atoms with Crippen molar-refractivity contribution in [2.75, 3.05) is 0 Å². The molecule has 1 atom stereocenters. The molecule has 0 aliphatic carbocycles. The number of carbonyl (C=O) groups is 1. The van der Waals surface area contributed by atoms with Gasteiger partial charge in [-0.1, -0.05) is 0 Å². The number of carbonyl (C=O) groups excluding carboxylic acids is 1. The molecule has 0 spiro atoms. The molecule has 0 fully saturated rings. The molecule has 0 unspecified atom stereocenters. The van der Waals surface area contributed by atoms with E-state index >= 15 is 0 Å². The Balaban J connectivity index is 1.99. The fraction of sp³-hybridized carbons (Fsp3) is 0.143. The van der Waals surface area contributed by atoms with Gasteiger partial charge in [0.25, 0.3) is 0 Å². The summed E-state index contributed by atoms with van der Waals surface area (Å²) in [4.78, 5) is 15.8. The SMILES string of the molecule is O=C1C[C@H](c2ccncc2)c2c(ccc3nsnc23)O1. The molecule has 6 heteroatoms. The summed E-state index contributed by atoms with van der Waals surface area (Å²) in [5, 5.41) is 0. The first-order valence-corrected chi connectivity index (χ1v) is 6.92. The van der Waals surface area contributed by atoms with Gasteiger partial charge in [0.1, 0.15) is 16.8 Å². The van der Waals surface area contributed by atoms with Crippen LogP contribution in [-0.2, 0) is 4.79 Å². The van der Waals surface area contributed by atoms with Crippen LogP contribution in [0.1, 0.15) is 23.5 Å². The van der Waals surface area contributed by atoms with Gasteiger partial charge in [-0.05, 0) is 29.8 Å². The number of esters is 1. The number of benzene rings is 1. The monoisotopic (exact) mass is 283 g/mol. The quantitative estimate of drug-likeness (QED) is 0.507. The van der Waals surface area contributed by atoms with Crippen LogP contribution in [0.15, 0.2) is 36.7 Å². The Labute approximate surface area is 118 Å². The van der Waals surface area contributed by atoms with E-state index in [1.807, 2.05) is 18.2 Å². The second-order valence-corrected chi connectivity index (χ2v) is 5.15. The maximum absolute atomic E-state index is 11.8. The maximum Gasteiger partial charge on any atom is 0.312 e. The van der Waals surface area contributed by atoms with Gasteiger partial charge in [0.2, 0.25) is 0 Å². The summed E-state index contributed by atoms with van der Waals surface area (Å²) in [5.41, 5.74) is 3.65. The fourth-order valence-electron chi connectivity index (χ4n) is 2.59. The number of hydrogen-bond donors (Lipinski definition) is 0. The largest absolute Gasteiger partial charge is 0.426 e. The standard InChI is InChI=1S/C14H9N3O2S/c18-12-7-9(8-3-5-15-6-4-8)13-11(19-12)2-1-10-14(13)17-20-16-10/h1-6,9H,7H2/t9-/m1/s1. The number of ether oxygens (including phenoxy) is 1. The van der Waals surface area contributed by atoms with E-state index in [0.29, 0.717) is 12.2 Å². The molecular weight excluding hydrogens is 274 g/mol. The molecule has 0 saturated heterocycles. The Kier molecular flexibility index (Phi) is 2.50. The Morgan fingerprint density at radius 1 is 1.15 bits per heavy atom. The highest BCUT2D eigenvalue weighted by Crippen LogP contribution is 2.42. The van der Waals surface area contributed by atoms with Crippen molar-refractivity contribution in [3.05, 3.63) is 47.8 Å². The van der Waals surface area contributed by atoms with Gasteiger partial charge in [-0.15, -0.1) is 0 Å². The molecule has 0 saturated carbocycles. The summed E-state index contributed by atoms with van der Waals surface area (Å²) in [5.74, 6) is 0.312. The van der Waals surface area contributed by atoms with Gasteiger partial charge in [-0.25, -0.2) is 0 Å². The Morgan fingerprint density at radius 3 is 2.85 bits per heavy atom. The van der Waals surface area contributed by atoms with Gasteiger partial charge in [0, 0.05) is 23.9 Å². The van der Waals surface area contributed by atoms with Crippen LogP contribution < -0.4 is 4.74 Å². The van der Waals surface area contributed by atoms with E-state index in [0.717, 1.165) is 22.2 Å². The third-order valence-electron chi connectivity index (χ3n) is 3.48. The summed E-state index contributed by atoms with van der Waals surface area (Å²) in [7, 11) is 0. The van der Waals surface area contributed by atoms with Crippen molar-refractivity contribution in [1.82, 2.24) is 13.7 Å². The molecule has 1 aliphatic heterocycles. The van der Waals surface area contributed by atoms with E-state index in [9.17, 15) is 4.79 Å². The lowest BCUT2D eigenvalue weighted by Gasteiger charge is -2.24. The zero-order chi connectivity index (χ0) is 13.5. The van der Waals surface area contributed by atoms with E-state index in [1.54, 1.807) is 18.5 Å². The Bertz CT molecular complexity index is 801. The van der Waals surface area contributed by atoms with Crippen LogP contribution >= 0.6 is 11.7 Å². The van der Waals surface area contributed by atoms with Crippen LogP contribution in [0.2, 0.25) is 0 Å². The van der Waals surface area contributed by atoms with Crippen LogP contribution in [0.25, 0.3) is 11.0 Å². The minimum atomic E-state index is -0.221. The van der Waals surface area contributed by atoms with Gasteiger partial charge in [-0.2, -0.15) is 8.75 Å². The van der Waals surface area contributed by atoms with Crippen molar-refractivity contribution in [2.24, 2.45) is 0 Å². The second-order valence-electron chi connectivity index (χ2n) is 4.62. The molecule has 0 N–H and O–H groups in total. The lowest BCUT2D eigenvalue weighted by Crippen LogP contribution is -2.21. The molecule has 0 bridgehead atoms. The molecule has 3 aromatic rings. The molecule has 98 valence electrons. The predicted molar refractivity (Wildman–Crippen MR) is 73.7 cm³/mol. The van der Waals surface area contributed by atoms with Crippen LogP contribution in [-0.4, -0.2) is 19.7 Å². The first-order chi connectivity index (χ1) is 9.83. The highest BCUT2D eigenvalue weighted by Gasteiger charge is 2.31. The molecule has 1 aliphatic rings. The third kappa shape index (κ3) is 1.69. The minimum absolute atomic E-state index is 0.0538. The van der Waals surface area contributed by atoms with E-state index < -0.39 is 0 Å². The highest BCUT2D eigenvalue weighted by atomic mass is 32.1.